The molecular formula is C15H14O2S. The van der Waals surface area contributed by atoms with Crippen LogP contribution in [0, 0.1) is 0 Å². The molecule has 2 aromatic rings. The first-order valence-corrected chi connectivity index (χ1v) is 7.26. The zero-order valence-electron chi connectivity index (χ0n) is 9.96. The Morgan fingerprint density at radius 2 is 2.06 bits per heavy atom. The summed E-state index contributed by atoms with van der Waals surface area (Å²) in [5.74, 6) is 1.00. The quantitative estimate of drug-likeness (QED) is 0.715. The Bertz CT molecular complexity index is 596. The van der Waals surface area contributed by atoms with Gasteiger partial charge in [-0.15, -0.1) is 11.8 Å². The number of ether oxygens (including phenoxy) is 2. The van der Waals surface area contributed by atoms with E-state index in [1.165, 1.54) is 22.1 Å². The average Bonchev–Trinajstić information content (AvgIpc) is 2.45. The third-order valence-corrected chi connectivity index (χ3v) is 4.91. The molecule has 2 heterocycles. The molecule has 18 heavy (non-hydrogen) atoms. The molecule has 1 fully saturated rings. The zero-order valence-corrected chi connectivity index (χ0v) is 10.8. The summed E-state index contributed by atoms with van der Waals surface area (Å²) in [4.78, 5) is 1.25. The average molecular weight is 258 g/mol. The summed E-state index contributed by atoms with van der Waals surface area (Å²) in [6, 6.07) is 12.7. The molecule has 2 aromatic carbocycles. The van der Waals surface area contributed by atoms with Gasteiger partial charge >= 0.3 is 0 Å². The SMILES string of the molecule is c1ccc2c3c(ccc2c1)S[C@@H]1CCCO[C@@H]1O3. The van der Waals surface area contributed by atoms with Gasteiger partial charge in [0.15, 0.2) is 0 Å². The molecule has 0 saturated carbocycles. The van der Waals surface area contributed by atoms with Crippen LogP contribution in [0.4, 0.5) is 0 Å². The van der Waals surface area contributed by atoms with Crippen molar-refractivity contribution in [1.82, 2.24) is 0 Å². The highest BCUT2D eigenvalue weighted by Gasteiger charge is 2.34. The third kappa shape index (κ3) is 1.62. The molecule has 3 heteroatoms. The van der Waals surface area contributed by atoms with Crippen LogP contribution in [0.15, 0.2) is 41.3 Å². The minimum absolute atomic E-state index is 0.0675. The molecule has 2 aliphatic rings. The topological polar surface area (TPSA) is 18.5 Å². The van der Waals surface area contributed by atoms with Gasteiger partial charge in [0.05, 0.1) is 16.8 Å². The molecule has 92 valence electrons. The molecule has 0 spiro atoms. The van der Waals surface area contributed by atoms with Gasteiger partial charge in [0.2, 0.25) is 6.29 Å². The molecule has 0 radical (unpaired) electrons. The highest BCUT2D eigenvalue weighted by molar-refractivity contribution is 8.00. The Balaban J connectivity index is 1.85. The first-order valence-electron chi connectivity index (χ1n) is 6.38. The summed E-state index contributed by atoms with van der Waals surface area (Å²) in [5, 5.41) is 2.87. The van der Waals surface area contributed by atoms with Crippen molar-refractivity contribution in [2.24, 2.45) is 0 Å². The van der Waals surface area contributed by atoms with Crippen LogP contribution in [0.2, 0.25) is 0 Å². The van der Waals surface area contributed by atoms with Crippen molar-refractivity contribution in [3.05, 3.63) is 36.4 Å². The van der Waals surface area contributed by atoms with E-state index in [0.717, 1.165) is 18.8 Å². The van der Waals surface area contributed by atoms with Crippen molar-refractivity contribution in [1.29, 1.82) is 0 Å². The number of hydrogen-bond acceptors (Lipinski definition) is 3. The summed E-state index contributed by atoms with van der Waals surface area (Å²) in [6.45, 7) is 0.821. The van der Waals surface area contributed by atoms with Gasteiger partial charge in [0.1, 0.15) is 5.75 Å². The molecule has 0 aliphatic carbocycles. The van der Waals surface area contributed by atoms with Crippen molar-refractivity contribution >= 4 is 22.5 Å². The van der Waals surface area contributed by atoms with Gasteiger partial charge < -0.3 is 9.47 Å². The van der Waals surface area contributed by atoms with Crippen molar-refractivity contribution < 1.29 is 9.47 Å². The molecule has 0 unspecified atom stereocenters. The molecule has 0 aromatic heterocycles. The maximum absolute atomic E-state index is 6.11. The lowest BCUT2D eigenvalue weighted by Gasteiger charge is -2.36. The normalized spacial score (nSPS) is 26.2. The van der Waals surface area contributed by atoms with Crippen LogP contribution in [0.3, 0.4) is 0 Å². The molecule has 4 rings (SSSR count). The number of rotatable bonds is 0. The first kappa shape index (κ1) is 10.7. The van der Waals surface area contributed by atoms with Crippen LogP contribution < -0.4 is 4.74 Å². The van der Waals surface area contributed by atoms with Crippen molar-refractivity contribution in [2.75, 3.05) is 6.61 Å². The monoisotopic (exact) mass is 258 g/mol. The summed E-state index contributed by atoms with van der Waals surface area (Å²) >= 11 is 1.91. The van der Waals surface area contributed by atoms with E-state index in [0.29, 0.717) is 5.25 Å². The third-order valence-electron chi connectivity index (χ3n) is 3.57. The molecule has 2 atom stereocenters. The number of benzene rings is 2. The number of hydrogen-bond donors (Lipinski definition) is 0. The van der Waals surface area contributed by atoms with Crippen LogP contribution in [-0.2, 0) is 4.74 Å². The van der Waals surface area contributed by atoms with E-state index in [4.69, 9.17) is 9.47 Å². The van der Waals surface area contributed by atoms with E-state index in [1.54, 1.807) is 0 Å². The van der Waals surface area contributed by atoms with Crippen LogP contribution in [0.1, 0.15) is 12.8 Å². The molecule has 2 aliphatic heterocycles. The van der Waals surface area contributed by atoms with Gasteiger partial charge in [-0.05, 0) is 24.3 Å². The second-order valence-corrected chi connectivity index (χ2v) is 6.05. The fourth-order valence-electron chi connectivity index (χ4n) is 2.67. The van der Waals surface area contributed by atoms with Gasteiger partial charge in [-0.3, -0.25) is 0 Å². The lowest BCUT2D eigenvalue weighted by Crippen LogP contribution is -2.38. The minimum Gasteiger partial charge on any atom is -0.462 e. The lowest BCUT2D eigenvalue weighted by molar-refractivity contribution is -0.104. The second-order valence-electron chi connectivity index (χ2n) is 4.77. The summed E-state index contributed by atoms with van der Waals surface area (Å²) in [6.07, 6.45) is 2.25. The minimum atomic E-state index is -0.0675. The van der Waals surface area contributed by atoms with E-state index in [-0.39, 0.29) is 6.29 Å². The van der Waals surface area contributed by atoms with Crippen molar-refractivity contribution in [2.45, 2.75) is 29.3 Å². The van der Waals surface area contributed by atoms with Crippen LogP contribution >= 0.6 is 11.8 Å². The molecule has 0 N–H and O–H groups in total. The number of thioether (sulfide) groups is 1. The predicted octanol–water partition coefficient (Wildman–Crippen LogP) is 3.83. The standard InChI is InChI=1S/C15H14O2S/c1-2-5-11-10(4-1)7-8-12-14(11)17-15-13(18-12)6-3-9-16-15/h1-2,4-5,7-8,13,15H,3,6,9H2/t13-,15-/m1/s1. The van der Waals surface area contributed by atoms with Gasteiger partial charge in [0.25, 0.3) is 0 Å². The molecular weight excluding hydrogens is 244 g/mol. The summed E-state index contributed by atoms with van der Waals surface area (Å²) in [7, 11) is 0. The second kappa shape index (κ2) is 4.18. The Morgan fingerprint density at radius 1 is 1.11 bits per heavy atom. The molecule has 0 bridgehead atoms. The first-order chi connectivity index (χ1) is 8.92. The van der Waals surface area contributed by atoms with E-state index >= 15 is 0 Å². The van der Waals surface area contributed by atoms with Crippen molar-refractivity contribution in [3.8, 4) is 5.75 Å². The summed E-state index contributed by atoms with van der Waals surface area (Å²) in [5.41, 5.74) is 0. The van der Waals surface area contributed by atoms with Crippen LogP contribution in [0.5, 0.6) is 5.75 Å². The van der Waals surface area contributed by atoms with Gasteiger partial charge in [-0.1, -0.05) is 30.3 Å². The van der Waals surface area contributed by atoms with Gasteiger partial charge in [-0.25, -0.2) is 0 Å². The largest absolute Gasteiger partial charge is 0.462 e. The van der Waals surface area contributed by atoms with E-state index in [2.05, 4.69) is 36.4 Å². The highest BCUT2D eigenvalue weighted by Crippen LogP contribution is 2.46. The molecule has 2 nitrogen and oxygen atoms in total. The van der Waals surface area contributed by atoms with E-state index in [1.807, 2.05) is 11.8 Å². The number of fused-ring (bicyclic) bond motifs is 4. The van der Waals surface area contributed by atoms with Gasteiger partial charge in [0, 0.05) is 5.39 Å². The predicted molar refractivity (Wildman–Crippen MR) is 73.2 cm³/mol. The Labute approximate surface area is 110 Å². The fourth-order valence-corrected chi connectivity index (χ4v) is 3.94. The Hall–Kier alpha value is -1.19. The lowest BCUT2D eigenvalue weighted by atomic mass is 10.1. The van der Waals surface area contributed by atoms with E-state index in [9.17, 15) is 0 Å². The Morgan fingerprint density at radius 3 is 3.06 bits per heavy atom. The Kier molecular flexibility index (Phi) is 2.49. The maximum atomic E-state index is 6.11. The highest BCUT2D eigenvalue weighted by atomic mass is 32.2. The smallest absolute Gasteiger partial charge is 0.212 e. The van der Waals surface area contributed by atoms with Crippen molar-refractivity contribution in [3.63, 3.8) is 0 Å². The van der Waals surface area contributed by atoms with Crippen LogP contribution in [0.25, 0.3) is 10.8 Å². The van der Waals surface area contributed by atoms with Crippen LogP contribution in [-0.4, -0.2) is 18.1 Å². The van der Waals surface area contributed by atoms with E-state index < -0.39 is 0 Å². The molecule has 0 amide bonds. The molecule has 1 saturated heterocycles. The van der Waals surface area contributed by atoms with Gasteiger partial charge in [-0.2, -0.15) is 0 Å². The zero-order chi connectivity index (χ0) is 11.9. The maximum Gasteiger partial charge on any atom is 0.212 e. The summed E-state index contributed by atoms with van der Waals surface area (Å²) < 4.78 is 11.9. The fraction of sp³-hybridized carbons (Fsp3) is 0.333.